The molecule has 4 aromatic carbocycles. The Morgan fingerprint density at radius 3 is 1.98 bits per heavy atom. The predicted octanol–water partition coefficient (Wildman–Crippen LogP) is 5.10. The van der Waals surface area contributed by atoms with Gasteiger partial charge in [-0.3, -0.25) is 0 Å². The highest BCUT2D eigenvalue weighted by Gasteiger charge is 2.58. The van der Waals surface area contributed by atoms with Gasteiger partial charge in [-0.1, -0.05) is 122 Å². The van der Waals surface area contributed by atoms with Crippen LogP contribution in [0.3, 0.4) is 0 Å². The first kappa shape index (κ1) is 34.1. The molecule has 5 atom stereocenters. The molecule has 2 N–H and O–H groups in total. The third kappa shape index (κ3) is 6.02. The number of benzene rings is 4. The van der Waals surface area contributed by atoms with E-state index in [1.54, 1.807) is 48.5 Å². The van der Waals surface area contributed by atoms with Crippen LogP contribution in [0.15, 0.2) is 126 Å². The van der Waals surface area contributed by atoms with Crippen LogP contribution in [0.2, 0.25) is 5.04 Å². The lowest BCUT2D eigenvalue weighted by Crippen LogP contribution is -2.76. The van der Waals surface area contributed by atoms with E-state index in [2.05, 4.69) is 45.0 Å². The summed E-state index contributed by atoms with van der Waals surface area (Å²) in [6.45, 7) is 8.57. The summed E-state index contributed by atoms with van der Waals surface area (Å²) >= 11 is 0. The Hall–Kier alpha value is -3.77. The molecule has 2 heterocycles. The third-order valence-corrected chi connectivity index (χ3v) is 17.2. The van der Waals surface area contributed by atoms with Crippen molar-refractivity contribution in [2.45, 2.75) is 74.4 Å². The molecular formula is C38H43NO7SSi. The average molecular weight is 686 g/mol. The zero-order valence-corrected chi connectivity index (χ0v) is 29.5. The Bertz CT molecular complexity index is 1890. The molecule has 48 heavy (non-hydrogen) atoms. The normalized spacial score (nSPS) is 21.2. The highest BCUT2D eigenvalue weighted by molar-refractivity contribution is 7.90. The van der Waals surface area contributed by atoms with Crippen molar-refractivity contribution in [3.05, 3.63) is 121 Å². The number of fused-ring (bicyclic) bond motifs is 1. The van der Waals surface area contributed by atoms with E-state index < -0.39 is 53.5 Å². The SMILES string of the molecule is CCO[C@H]1O[C@H](C(O)[Si](c2ccccc2)(c2ccccc2)C(C)(C)C)[C@@H](O)C[C@H]1Oc1cn(S(=O)(=O)c2ccccc2)c2ccccc12. The summed E-state index contributed by atoms with van der Waals surface area (Å²) in [5, 5.41) is 26.7. The number of ether oxygens (including phenoxy) is 3. The minimum Gasteiger partial charge on any atom is -0.483 e. The average Bonchev–Trinajstić information content (AvgIpc) is 3.46. The van der Waals surface area contributed by atoms with Crippen LogP contribution in [-0.2, 0) is 19.5 Å². The predicted molar refractivity (Wildman–Crippen MR) is 190 cm³/mol. The smallest absolute Gasteiger partial charge is 0.268 e. The van der Waals surface area contributed by atoms with Crippen molar-refractivity contribution >= 4 is 39.4 Å². The molecule has 1 aliphatic rings. The molecule has 0 bridgehead atoms. The van der Waals surface area contributed by atoms with Crippen molar-refractivity contribution in [3.8, 4) is 5.75 Å². The number of hydrogen-bond acceptors (Lipinski definition) is 7. The molecule has 1 aliphatic heterocycles. The minimum atomic E-state index is -3.93. The van der Waals surface area contributed by atoms with Gasteiger partial charge in [-0.2, -0.15) is 0 Å². The second kappa shape index (κ2) is 13.6. The minimum absolute atomic E-state index is 0.0928. The Kier molecular flexibility index (Phi) is 9.68. The Morgan fingerprint density at radius 1 is 0.875 bits per heavy atom. The van der Waals surface area contributed by atoms with Crippen LogP contribution in [-0.4, -0.2) is 67.6 Å². The van der Waals surface area contributed by atoms with Crippen molar-refractivity contribution < 1.29 is 32.8 Å². The molecule has 0 saturated carbocycles. The van der Waals surface area contributed by atoms with Crippen LogP contribution in [0.25, 0.3) is 10.9 Å². The van der Waals surface area contributed by atoms with Gasteiger partial charge in [0.25, 0.3) is 10.0 Å². The van der Waals surface area contributed by atoms with Crippen LogP contribution in [0.4, 0.5) is 0 Å². The van der Waals surface area contributed by atoms with Crippen LogP contribution in [0.1, 0.15) is 34.1 Å². The van der Waals surface area contributed by atoms with Crippen LogP contribution in [0.5, 0.6) is 5.75 Å². The van der Waals surface area contributed by atoms with Crippen molar-refractivity contribution in [2.24, 2.45) is 0 Å². The van der Waals surface area contributed by atoms with E-state index >= 15 is 0 Å². The Morgan fingerprint density at radius 2 is 1.42 bits per heavy atom. The second-order valence-corrected chi connectivity index (χ2v) is 19.9. The molecule has 252 valence electrons. The maximum Gasteiger partial charge on any atom is 0.268 e. The van der Waals surface area contributed by atoms with Crippen LogP contribution in [0, 0.1) is 0 Å². The standard InChI is InChI=1S/C38H43NO7SSi/c1-5-44-37-33(45-34-26-39(31-24-16-15-23-30(31)34)47(42,43)27-17-9-6-10-18-27)25-32(40)35(46-37)36(41)48(38(2,3)4,28-19-11-7-12-20-28)29-21-13-8-14-22-29/h6-24,26,32-33,35-37,40-41H,5,25H2,1-4H3/t32-,33+,35-,36?,37-/m0/s1. The maximum atomic E-state index is 13.7. The van der Waals surface area contributed by atoms with E-state index in [-0.39, 0.29) is 11.3 Å². The molecule has 1 fully saturated rings. The van der Waals surface area contributed by atoms with E-state index in [9.17, 15) is 18.6 Å². The van der Waals surface area contributed by atoms with E-state index in [1.807, 2.05) is 49.4 Å². The Balaban J connectivity index is 1.37. The van der Waals surface area contributed by atoms with Gasteiger partial charge in [0.1, 0.15) is 11.9 Å². The Labute approximate surface area is 283 Å². The number of hydrogen-bond donors (Lipinski definition) is 2. The third-order valence-electron chi connectivity index (χ3n) is 9.39. The van der Waals surface area contributed by atoms with Gasteiger partial charge in [-0.15, -0.1) is 0 Å². The van der Waals surface area contributed by atoms with Crippen molar-refractivity contribution in [2.75, 3.05) is 6.61 Å². The zero-order chi connectivity index (χ0) is 34.1. The maximum absolute atomic E-state index is 13.7. The molecule has 6 rings (SSSR count). The fourth-order valence-corrected chi connectivity index (χ4v) is 14.5. The quantitative estimate of drug-likeness (QED) is 0.197. The summed E-state index contributed by atoms with van der Waals surface area (Å²) in [7, 11) is -7.04. The van der Waals surface area contributed by atoms with Gasteiger partial charge in [0.2, 0.25) is 0 Å². The molecule has 8 nitrogen and oxygen atoms in total. The highest BCUT2D eigenvalue weighted by atomic mass is 32.2. The summed E-state index contributed by atoms with van der Waals surface area (Å²) in [5.41, 5.74) is -0.597. The summed E-state index contributed by atoms with van der Waals surface area (Å²) in [5.74, 6) is 0.321. The lowest BCUT2D eigenvalue weighted by atomic mass is 10.0. The largest absolute Gasteiger partial charge is 0.483 e. The van der Waals surface area contributed by atoms with E-state index in [0.717, 1.165) is 10.4 Å². The zero-order valence-electron chi connectivity index (χ0n) is 27.6. The molecular weight excluding hydrogens is 643 g/mol. The van der Waals surface area contributed by atoms with Gasteiger partial charge >= 0.3 is 0 Å². The molecule has 10 heteroatoms. The second-order valence-electron chi connectivity index (χ2n) is 13.2. The van der Waals surface area contributed by atoms with Crippen molar-refractivity contribution in [3.63, 3.8) is 0 Å². The first-order chi connectivity index (χ1) is 23.0. The fraction of sp³-hybridized carbons (Fsp3) is 0.316. The molecule has 0 spiro atoms. The van der Waals surface area contributed by atoms with Gasteiger partial charge in [0.15, 0.2) is 20.5 Å². The summed E-state index contributed by atoms with van der Waals surface area (Å²) in [4.78, 5) is 0.154. The molecule has 1 saturated heterocycles. The molecule has 0 amide bonds. The molecule has 0 aliphatic carbocycles. The topological polar surface area (TPSA) is 107 Å². The van der Waals surface area contributed by atoms with Crippen LogP contribution >= 0.6 is 0 Å². The lowest BCUT2D eigenvalue weighted by Gasteiger charge is -2.51. The van der Waals surface area contributed by atoms with Crippen molar-refractivity contribution in [1.82, 2.24) is 3.97 Å². The van der Waals surface area contributed by atoms with Gasteiger partial charge in [-0.05, 0) is 36.2 Å². The van der Waals surface area contributed by atoms with E-state index in [4.69, 9.17) is 14.2 Å². The first-order valence-corrected chi connectivity index (χ1v) is 19.8. The molecule has 1 unspecified atom stereocenters. The highest BCUT2D eigenvalue weighted by Crippen LogP contribution is 2.42. The number of aromatic nitrogens is 1. The number of aliphatic hydroxyl groups excluding tert-OH is 2. The number of rotatable bonds is 10. The number of para-hydroxylation sites is 1. The molecule has 5 aromatic rings. The van der Waals surface area contributed by atoms with Crippen molar-refractivity contribution in [1.29, 1.82) is 0 Å². The van der Waals surface area contributed by atoms with Crippen LogP contribution < -0.4 is 15.1 Å². The lowest BCUT2D eigenvalue weighted by molar-refractivity contribution is -0.268. The molecule has 0 radical (unpaired) electrons. The number of nitrogens with zero attached hydrogens (tertiary/aromatic N) is 1. The van der Waals surface area contributed by atoms with Gasteiger partial charge in [-0.25, -0.2) is 12.4 Å². The number of aliphatic hydroxyl groups is 2. The fourth-order valence-electron chi connectivity index (χ4n) is 7.26. The van der Waals surface area contributed by atoms with Gasteiger partial charge in [0.05, 0.1) is 28.4 Å². The van der Waals surface area contributed by atoms with Gasteiger partial charge < -0.3 is 24.4 Å². The van der Waals surface area contributed by atoms with Gasteiger partial charge in [0, 0.05) is 18.4 Å². The monoisotopic (exact) mass is 685 g/mol. The first-order valence-electron chi connectivity index (χ1n) is 16.3. The van der Waals surface area contributed by atoms with E-state index in [0.29, 0.717) is 23.3 Å². The summed E-state index contributed by atoms with van der Waals surface area (Å²) < 4.78 is 47.7. The molecule has 1 aromatic heterocycles. The summed E-state index contributed by atoms with van der Waals surface area (Å²) in [6.07, 6.45) is -2.26. The summed E-state index contributed by atoms with van der Waals surface area (Å²) in [6, 6.07) is 35.5. The van der Waals surface area contributed by atoms with E-state index in [1.165, 1.54) is 10.2 Å².